The summed E-state index contributed by atoms with van der Waals surface area (Å²) in [5, 5.41) is 2.84. The Morgan fingerprint density at radius 1 is 1.24 bits per heavy atom. The van der Waals surface area contributed by atoms with Gasteiger partial charge in [-0.25, -0.2) is 8.42 Å². The van der Waals surface area contributed by atoms with E-state index in [-0.39, 0.29) is 5.91 Å². The topological polar surface area (TPSA) is 75.7 Å². The molecule has 1 amide bonds. The highest BCUT2D eigenvalue weighted by atomic mass is 32.2. The number of carbonyl (C=O) groups is 1. The summed E-state index contributed by atoms with van der Waals surface area (Å²) in [6, 6.07) is 6.76. The molecule has 1 aliphatic rings. The monoisotopic (exact) mass is 386 g/mol. The first kappa shape index (κ1) is 20.2. The fourth-order valence-electron chi connectivity index (χ4n) is 2.53. The Balaban J connectivity index is 1.77. The first-order valence-corrected chi connectivity index (χ1v) is 11.0. The number of ether oxygens (including phenoxy) is 1. The van der Waals surface area contributed by atoms with Crippen LogP contribution in [0.4, 0.5) is 0 Å². The van der Waals surface area contributed by atoms with Crippen LogP contribution in [0.15, 0.2) is 34.1 Å². The van der Waals surface area contributed by atoms with E-state index in [1.54, 1.807) is 24.3 Å². The number of carbonyl (C=O) groups excluding carboxylic acids is 1. The number of benzene rings is 1. The van der Waals surface area contributed by atoms with Crippen molar-refractivity contribution in [2.75, 3.05) is 38.6 Å². The molecule has 0 aromatic heterocycles. The minimum Gasteiger partial charge on any atom is -0.382 e. The second-order valence-corrected chi connectivity index (χ2v) is 8.76. The molecular weight excluding hydrogens is 360 g/mol. The van der Waals surface area contributed by atoms with Crippen LogP contribution in [0.25, 0.3) is 0 Å². The van der Waals surface area contributed by atoms with Crippen LogP contribution in [0.5, 0.6) is 0 Å². The molecule has 0 radical (unpaired) electrons. The van der Waals surface area contributed by atoms with Crippen LogP contribution in [0.3, 0.4) is 0 Å². The van der Waals surface area contributed by atoms with Crippen molar-refractivity contribution in [2.45, 2.75) is 36.0 Å². The molecule has 8 heteroatoms. The number of thioether (sulfide) groups is 1. The molecule has 140 valence electrons. The predicted molar refractivity (Wildman–Crippen MR) is 99.3 cm³/mol. The minimum absolute atomic E-state index is 0.0322. The Hall–Kier alpha value is -1.09. The average Bonchev–Trinajstić information content (AvgIpc) is 3.16. The maximum Gasteiger partial charge on any atom is 0.243 e. The molecule has 0 saturated carbocycles. The highest BCUT2D eigenvalue weighted by molar-refractivity contribution is 8.00. The second kappa shape index (κ2) is 10.2. The van der Waals surface area contributed by atoms with E-state index in [1.165, 1.54) is 16.1 Å². The maximum absolute atomic E-state index is 12.4. The van der Waals surface area contributed by atoms with Crippen molar-refractivity contribution in [2.24, 2.45) is 0 Å². The van der Waals surface area contributed by atoms with Gasteiger partial charge in [0.05, 0.1) is 10.6 Å². The molecule has 0 spiro atoms. The largest absolute Gasteiger partial charge is 0.382 e. The molecular formula is C17H26N2O4S2. The zero-order valence-electron chi connectivity index (χ0n) is 14.6. The van der Waals surface area contributed by atoms with Gasteiger partial charge in [0.1, 0.15) is 0 Å². The minimum atomic E-state index is -3.37. The summed E-state index contributed by atoms with van der Waals surface area (Å²) < 4.78 is 31.6. The third-order valence-electron chi connectivity index (χ3n) is 3.89. The molecule has 6 nitrogen and oxygen atoms in total. The zero-order chi connectivity index (χ0) is 18.1. The lowest BCUT2D eigenvalue weighted by atomic mass is 10.4. The van der Waals surface area contributed by atoms with E-state index in [2.05, 4.69) is 5.32 Å². The normalized spacial score (nSPS) is 15.4. The molecule has 1 N–H and O–H groups in total. The number of nitrogens with one attached hydrogen (secondary N) is 1. The van der Waals surface area contributed by atoms with E-state index in [9.17, 15) is 13.2 Å². The lowest BCUT2D eigenvalue weighted by molar-refractivity contribution is -0.118. The molecule has 1 fully saturated rings. The fourth-order valence-corrected chi connectivity index (χ4v) is 4.78. The summed E-state index contributed by atoms with van der Waals surface area (Å²) >= 11 is 1.40. The summed E-state index contributed by atoms with van der Waals surface area (Å²) in [4.78, 5) is 13.0. The van der Waals surface area contributed by atoms with Gasteiger partial charge in [0.25, 0.3) is 0 Å². The molecule has 2 rings (SSSR count). The molecule has 0 atom stereocenters. The van der Waals surface area contributed by atoms with Crippen LogP contribution < -0.4 is 5.32 Å². The number of sulfonamides is 1. The van der Waals surface area contributed by atoms with Crippen molar-refractivity contribution < 1.29 is 17.9 Å². The molecule has 1 heterocycles. The molecule has 0 unspecified atom stereocenters. The number of hydrogen-bond acceptors (Lipinski definition) is 5. The van der Waals surface area contributed by atoms with Gasteiger partial charge in [-0.2, -0.15) is 4.31 Å². The van der Waals surface area contributed by atoms with Gasteiger partial charge < -0.3 is 10.1 Å². The average molecular weight is 387 g/mol. The lowest BCUT2D eigenvalue weighted by Crippen LogP contribution is -2.27. The third kappa shape index (κ3) is 6.29. The van der Waals surface area contributed by atoms with E-state index in [1.807, 2.05) is 6.92 Å². The van der Waals surface area contributed by atoms with Crippen molar-refractivity contribution in [1.29, 1.82) is 0 Å². The number of rotatable bonds is 10. The van der Waals surface area contributed by atoms with Gasteiger partial charge in [-0.05, 0) is 50.5 Å². The Morgan fingerprint density at radius 3 is 2.56 bits per heavy atom. The Morgan fingerprint density at radius 2 is 1.92 bits per heavy atom. The molecule has 0 aliphatic carbocycles. The van der Waals surface area contributed by atoms with Crippen molar-refractivity contribution >= 4 is 27.7 Å². The number of amides is 1. The second-order valence-electron chi connectivity index (χ2n) is 5.77. The van der Waals surface area contributed by atoms with E-state index in [0.29, 0.717) is 43.5 Å². The number of hydrogen-bond donors (Lipinski definition) is 1. The summed E-state index contributed by atoms with van der Waals surface area (Å²) in [6.07, 6.45) is 2.65. The van der Waals surface area contributed by atoms with E-state index in [0.717, 1.165) is 24.2 Å². The SMILES string of the molecule is CCOCCCNC(=O)CSc1ccc(S(=O)(=O)N2CCCC2)cc1. The van der Waals surface area contributed by atoms with Crippen LogP contribution in [0.2, 0.25) is 0 Å². The Labute approximate surface area is 154 Å². The van der Waals surface area contributed by atoms with Gasteiger partial charge in [-0.3, -0.25) is 4.79 Å². The quantitative estimate of drug-likeness (QED) is 0.492. The predicted octanol–water partition coefficient (Wildman–Crippen LogP) is 2.11. The highest BCUT2D eigenvalue weighted by Gasteiger charge is 2.26. The van der Waals surface area contributed by atoms with Crippen molar-refractivity contribution in [3.63, 3.8) is 0 Å². The molecule has 1 aromatic rings. The van der Waals surface area contributed by atoms with Crippen LogP contribution >= 0.6 is 11.8 Å². The van der Waals surface area contributed by atoms with Crippen LogP contribution in [-0.4, -0.2) is 57.2 Å². The van der Waals surface area contributed by atoms with Crippen molar-refractivity contribution in [1.82, 2.24) is 9.62 Å². The van der Waals surface area contributed by atoms with Crippen molar-refractivity contribution in [3.8, 4) is 0 Å². The Kier molecular flexibility index (Phi) is 8.21. The summed E-state index contributed by atoms with van der Waals surface area (Å²) in [5.41, 5.74) is 0. The van der Waals surface area contributed by atoms with Crippen molar-refractivity contribution in [3.05, 3.63) is 24.3 Å². The highest BCUT2D eigenvalue weighted by Crippen LogP contribution is 2.24. The van der Waals surface area contributed by atoms with Crippen LogP contribution in [-0.2, 0) is 19.6 Å². The van der Waals surface area contributed by atoms with E-state index >= 15 is 0 Å². The standard InChI is InChI=1S/C17H26N2O4S2/c1-2-23-13-5-10-18-17(20)14-24-15-6-8-16(9-7-15)25(21,22)19-11-3-4-12-19/h6-9H,2-5,10-14H2,1H3,(H,18,20). The van der Waals surface area contributed by atoms with Crippen LogP contribution in [0.1, 0.15) is 26.2 Å². The first-order chi connectivity index (χ1) is 12.0. The van der Waals surface area contributed by atoms with E-state index in [4.69, 9.17) is 4.74 Å². The fraction of sp³-hybridized carbons (Fsp3) is 0.588. The molecule has 1 saturated heterocycles. The summed E-state index contributed by atoms with van der Waals surface area (Å²) in [5.74, 6) is 0.280. The summed E-state index contributed by atoms with van der Waals surface area (Å²) in [6.45, 7) is 5.08. The molecule has 1 aliphatic heterocycles. The van der Waals surface area contributed by atoms with Gasteiger partial charge in [0.2, 0.25) is 15.9 Å². The molecule has 25 heavy (non-hydrogen) atoms. The first-order valence-electron chi connectivity index (χ1n) is 8.61. The van der Waals surface area contributed by atoms with Gasteiger partial charge in [0.15, 0.2) is 0 Å². The third-order valence-corrected chi connectivity index (χ3v) is 6.81. The van der Waals surface area contributed by atoms with Gasteiger partial charge >= 0.3 is 0 Å². The van der Waals surface area contributed by atoms with Gasteiger partial charge in [0, 0.05) is 37.7 Å². The van der Waals surface area contributed by atoms with Gasteiger partial charge in [-0.15, -0.1) is 11.8 Å². The molecule has 0 bridgehead atoms. The lowest BCUT2D eigenvalue weighted by Gasteiger charge is -2.15. The van der Waals surface area contributed by atoms with Gasteiger partial charge in [-0.1, -0.05) is 0 Å². The summed E-state index contributed by atoms with van der Waals surface area (Å²) in [7, 11) is -3.37. The zero-order valence-corrected chi connectivity index (χ0v) is 16.2. The molecule has 1 aromatic carbocycles. The Bertz CT molecular complexity index is 641. The number of nitrogens with zero attached hydrogens (tertiary/aromatic N) is 1. The smallest absolute Gasteiger partial charge is 0.243 e. The van der Waals surface area contributed by atoms with Crippen LogP contribution in [0, 0.1) is 0 Å². The van der Waals surface area contributed by atoms with E-state index < -0.39 is 10.0 Å². The maximum atomic E-state index is 12.4.